The van der Waals surface area contributed by atoms with Crippen molar-refractivity contribution in [3.05, 3.63) is 48.7 Å². The first-order valence-corrected chi connectivity index (χ1v) is 7.08. The Morgan fingerprint density at radius 2 is 2.10 bits per heavy atom. The summed E-state index contributed by atoms with van der Waals surface area (Å²) in [4.78, 5) is 13.2. The van der Waals surface area contributed by atoms with Gasteiger partial charge in [0.1, 0.15) is 5.82 Å². The minimum absolute atomic E-state index is 0.619. The lowest BCUT2D eigenvalue weighted by Crippen LogP contribution is -2.09. The van der Waals surface area contributed by atoms with Gasteiger partial charge in [-0.15, -0.1) is 0 Å². The second-order valence-corrected chi connectivity index (χ2v) is 4.73. The Morgan fingerprint density at radius 1 is 1.14 bits per heavy atom. The molecule has 3 rings (SSSR count). The molecule has 0 aliphatic carbocycles. The zero-order chi connectivity index (χ0) is 14.5. The summed E-state index contributed by atoms with van der Waals surface area (Å²) in [5.41, 5.74) is 1.78. The number of imidazole rings is 1. The van der Waals surface area contributed by atoms with Gasteiger partial charge in [0.05, 0.1) is 18.4 Å². The zero-order valence-electron chi connectivity index (χ0n) is 12.0. The number of aromatic nitrogens is 4. The summed E-state index contributed by atoms with van der Waals surface area (Å²) < 4.78 is 1.96. The molecule has 3 heterocycles. The molecular weight excluding hydrogens is 264 g/mol. The molecule has 0 unspecified atom stereocenters. The van der Waals surface area contributed by atoms with E-state index in [4.69, 9.17) is 0 Å². The predicted molar refractivity (Wildman–Crippen MR) is 83.3 cm³/mol. The van der Waals surface area contributed by atoms with Gasteiger partial charge in [-0.1, -0.05) is 13.0 Å². The molecule has 3 aromatic heterocycles. The van der Waals surface area contributed by atoms with E-state index in [9.17, 15) is 0 Å². The van der Waals surface area contributed by atoms with Crippen molar-refractivity contribution in [2.75, 3.05) is 17.2 Å². The topological polar surface area (TPSA) is 67.1 Å². The fraction of sp³-hybridized carbons (Fsp3) is 0.267. The third-order valence-electron chi connectivity index (χ3n) is 3.09. The van der Waals surface area contributed by atoms with Gasteiger partial charge in [0, 0.05) is 25.1 Å². The number of hydrogen-bond donors (Lipinski definition) is 2. The molecule has 0 aromatic carbocycles. The third-order valence-corrected chi connectivity index (χ3v) is 3.09. The van der Waals surface area contributed by atoms with Gasteiger partial charge >= 0.3 is 0 Å². The maximum atomic E-state index is 4.59. The normalized spacial score (nSPS) is 10.7. The van der Waals surface area contributed by atoms with E-state index in [0.29, 0.717) is 6.54 Å². The predicted octanol–water partition coefficient (Wildman–Crippen LogP) is 2.56. The molecule has 0 fully saturated rings. The van der Waals surface area contributed by atoms with Crippen LogP contribution < -0.4 is 10.6 Å². The Hall–Kier alpha value is -2.63. The van der Waals surface area contributed by atoms with Crippen molar-refractivity contribution >= 4 is 17.3 Å². The molecular formula is C15H18N6. The first-order chi connectivity index (χ1) is 10.4. The van der Waals surface area contributed by atoms with Crippen LogP contribution in [0.15, 0.2) is 43.0 Å². The monoisotopic (exact) mass is 282 g/mol. The minimum atomic E-state index is 0.619. The maximum absolute atomic E-state index is 4.59. The van der Waals surface area contributed by atoms with Crippen molar-refractivity contribution in [1.82, 2.24) is 19.4 Å². The van der Waals surface area contributed by atoms with Crippen LogP contribution in [-0.2, 0) is 6.54 Å². The summed E-state index contributed by atoms with van der Waals surface area (Å²) >= 11 is 0. The first kappa shape index (κ1) is 13.4. The molecule has 0 amide bonds. The van der Waals surface area contributed by atoms with Crippen molar-refractivity contribution in [2.45, 2.75) is 19.9 Å². The van der Waals surface area contributed by atoms with Crippen LogP contribution in [0.2, 0.25) is 0 Å². The van der Waals surface area contributed by atoms with E-state index in [1.54, 1.807) is 12.4 Å². The van der Waals surface area contributed by atoms with Crippen LogP contribution in [0.25, 0.3) is 5.65 Å². The van der Waals surface area contributed by atoms with Gasteiger partial charge in [0.2, 0.25) is 0 Å². The summed E-state index contributed by atoms with van der Waals surface area (Å²) in [6, 6.07) is 5.86. The van der Waals surface area contributed by atoms with Gasteiger partial charge in [-0.05, 0) is 18.6 Å². The fourth-order valence-electron chi connectivity index (χ4n) is 2.07. The summed E-state index contributed by atoms with van der Waals surface area (Å²) in [5.74, 6) is 1.60. The molecule has 6 nitrogen and oxygen atoms in total. The number of hydrogen-bond acceptors (Lipinski definition) is 5. The highest BCUT2D eigenvalue weighted by atomic mass is 15.1. The summed E-state index contributed by atoms with van der Waals surface area (Å²) in [7, 11) is 0. The van der Waals surface area contributed by atoms with E-state index in [1.807, 2.05) is 35.0 Å². The average Bonchev–Trinajstić information content (AvgIpc) is 3.00. The third kappa shape index (κ3) is 3.10. The van der Waals surface area contributed by atoms with E-state index in [2.05, 4.69) is 32.5 Å². The van der Waals surface area contributed by atoms with E-state index in [1.165, 1.54) is 0 Å². The number of pyridine rings is 1. The van der Waals surface area contributed by atoms with Gasteiger partial charge in [-0.2, -0.15) is 0 Å². The lowest BCUT2D eigenvalue weighted by atomic mass is 10.3. The zero-order valence-corrected chi connectivity index (χ0v) is 12.0. The van der Waals surface area contributed by atoms with Crippen LogP contribution in [0.5, 0.6) is 0 Å². The second-order valence-electron chi connectivity index (χ2n) is 4.73. The Labute approximate surface area is 123 Å². The van der Waals surface area contributed by atoms with Crippen LogP contribution >= 0.6 is 0 Å². The van der Waals surface area contributed by atoms with Gasteiger partial charge < -0.3 is 15.0 Å². The van der Waals surface area contributed by atoms with E-state index in [0.717, 1.165) is 35.9 Å². The largest absolute Gasteiger partial charge is 0.369 e. The molecule has 0 saturated heterocycles. The molecule has 2 N–H and O–H groups in total. The highest BCUT2D eigenvalue weighted by Crippen LogP contribution is 2.17. The number of nitrogens with zero attached hydrogens (tertiary/aromatic N) is 4. The standard InChI is InChI=1S/C15H18N6/c1-2-6-17-13-11-21-9-8-18-15(21)14(20-13)19-10-12-5-3-4-7-16-12/h3-5,7-9,11,17H,2,6,10H2,1H3,(H,19,20). The smallest absolute Gasteiger partial charge is 0.180 e. The number of anilines is 2. The summed E-state index contributed by atoms with van der Waals surface area (Å²) in [6.07, 6.45) is 8.48. The minimum Gasteiger partial charge on any atom is -0.369 e. The van der Waals surface area contributed by atoms with Gasteiger partial charge in [0.15, 0.2) is 11.5 Å². The van der Waals surface area contributed by atoms with Crippen molar-refractivity contribution in [1.29, 1.82) is 0 Å². The van der Waals surface area contributed by atoms with Crippen LogP contribution in [0.1, 0.15) is 19.0 Å². The Bertz CT molecular complexity index is 707. The van der Waals surface area contributed by atoms with E-state index in [-0.39, 0.29) is 0 Å². The van der Waals surface area contributed by atoms with E-state index < -0.39 is 0 Å². The van der Waals surface area contributed by atoms with Crippen LogP contribution in [0.3, 0.4) is 0 Å². The molecule has 108 valence electrons. The van der Waals surface area contributed by atoms with Crippen molar-refractivity contribution in [3.63, 3.8) is 0 Å². The Morgan fingerprint density at radius 3 is 2.90 bits per heavy atom. The second kappa shape index (κ2) is 6.21. The van der Waals surface area contributed by atoms with E-state index >= 15 is 0 Å². The van der Waals surface area contributed by atoms with Gasteiger partial charge in [-0.25, -0.2) is 9.97 Å². The highest BCUT2D eigenvalue weighted by molar-refractivity contribution is 5.65. The quantitative estimate of drug-likeness (QED) is 0.727. The first-order valence-electron chi connectivity index (χ1n) is 7.08. The molecule has 0 bridgehead atoms. The van der Waals surface area contributed by atoms with Gasteiger partial charge in [-0.3, -0.25) is 4.98 Å². The average molecular weight is 282 g/mol. The lowest BCUT2D eigenvalue weighted by Gasteiger charge is -2.10. The van der Waals surface area contributed by atoms with Crippen molar-refractivity contribution < 1.29 is 0 Å². The summed E-state index contributed by atoms with van der Waals surface area (Å²) in [5, 5.41) is 6.61. The summed E-state index contributed by atoms with van der Waals surface area (Å²) in [6.45, 7) is 3.64. The SMILES string of the molecule is CCCNc1cn2ccnc2c(NCc2ccccn2)n1. The fourth-order valence-corrected chi connectivity index (χ4v) is 2.07. The molecule has 0 spiro atoms. The van der Waals surface area contributed by atoms with Crippen molar-refractivity contribution in [3.8, 4) is 0 Å². The maximum Gasteiger partial charge on any atom is 0.180 e. The number of fused-ring (bicyclic) bond motifs is 1. The molecule has 0 atom stereocenters. The number of rotatable bonds is 6. The molecule has 3 aromatic rings. The molecule has 0 radical (unpaired) electrons. The Balaban J connectivity index is 1.83. The molecule has 0 aliphatic heterocycles. The van der Waals surface area contributed by atoms with Crippen LogP contribution in [0, 0.1) is 0 Å². The van der Waals surface area contributed by atoms with Gasteiger partial charge in [0.25, 0.3) is 0 Å². The molecule has 0 aliphatic rings. The number of nitrogens with one attached hydrogen (secondary N) is 2. The molecule has 0 saturated carbocycles. The Kier molecular flexibility index (Phi) is 3.95. The van der Waals surface area contributed by atoms with Crippen LogP contribution in [0.4, 0.5) is 11.6 Å². The highest BCUT2D eigenvalue weighted by Gasteiger charge is 2.07. The molecule has 21 heavy (non-hydrogen) atoms. The lowest BCUT2D eigenvalue weighted by molar-refractivity contribution is 0.957. The molecule has 6 heteroatoms. The van der Waals surface area contributed by atoms with Crippen molar-refractivity contribution in [2.24, 2.45) is 0 Å². The van der Waals surface area contributed by atoms with Crippen LogP contribution in [-0.4, -0.2) is 25.9 Å².